The van der Waals surface area contributed by atoms with E-state index in [9.17, 15) is 4.79 Å². The average molecular weight is 329 g/mol. The predicted octanol–water partition coefficient (Wildman–Crippen LogP) is 1.50. The van der Waals surface area contributed by atoms with E-state index in [1.807, 2.05) is 25.8 Å². The van der Waals surface area contributed by atoms with E-state index >= 15 is 0 Å². The molecule has 4 atom stereocenters. The number of nitrogens with one attached hydrogen (secondary N) is 1. The number of aromatic nitrogens is 2. The molecule has 2 bridgehead atoms. The second-order valence-corrected chi connectivity index (χ2v) is 7.80. The van der Waals surface area contributed by atoms with E-state index in [1.54, 1.807) is 18.6 Å². The van der Waals surface area contributed by atoms with Gasteiger partial charge in [-0.1, -0.05) is 0 Å². The van der Waals surface area contributed by atoms with Crippen LogP contribution in [0.3, 0.4) is 0 Å². The molecule has 1 amide bonds. The lowest BCUT2D eigenvalue weighted by Crippen LogP contribution is -2.51. The molecule has 1 aromatic rings. The number of carbonyl (C=O) groups excluding carboxylic acids is 1. The van der Waals surface area contributed by atoms with Crippen molar-refractivity contribution in [1.82, 2.24) is 15.3 Å². The van der Waals surface area contributed by atoms with Crippen LogP contribution >= 0.6 is 0 Å². The van der Waals surface area contributed by atoms with Gasteiger partial charge in [0, 0.05) is 23.9 Å². The van der Waals surface area contributed by atoms with Crippen molar-refractivity contribution >= 4 is 17.4 Å². The van der Waals surface area contributed by atoms with Crippen LogP contribution in [0.1, 0.15) is 40.0 Å². The Hall–Kier alpha value is -2.02. The first-order valence-corrected chi connectivity index (χ1v) is 8.54. The van der Waals surface area contributed by atoms with Gasteiger partial charge in [0.1, 0.15) is 5.71 Å². The summed E-state index contributed by atoms with van der Waals surface area (Å²) in [4.78, 5) is 21.3. The molecule has 2 fully saturated rings. The van der Waals surface area contributed by atoms with Crippen molar-refractivity contribution < 1.29 is 9.53 Å². The highest BCUT2D eigenvalue weighted by molar-refractivity contribution is 6.40. The molecule has 0 saturated carbocycles. The fraction of sp³-hybridized carbons (Fsp3) is 0.647. The van der Waals surface area contributed by atoms with E-state index in [1.165, 1.54) is 0 Å². The van der Waals surface area contributed by atoms with E-state index in [-0.39, 0.29) is 35.6 Å². The number of ether oxygens (including phenoxy) is 1. The molecule has 24 heavy (non-hydrogen) atoms. The first kappa shape index (κ1) is 15.5. The van der Waals surface area contributed by atoms with Crippen LogP contribution in [0.25, 0.3) is 0 Å². The van der Waals surface area contributed by atoms with Crippen molar-refractivity contribution in [2.24, 2.45) is 11.0 Å². The Balaban J connectivity index is 1.69. The molecule has 3 aliphatic rings. The van der Waals surface area contributed by atoms with Crippen LogP contribution in [-0.2, 0) is 9.53 Å². The van der Waals surface area contributed by atoms with E-state index in [0.717, 1.165) is 19.3 Å². The minimum absolute atomic E-state index is 0.0289. The molecule has 1 aromatic heterocycles. The molecule has 4 rings (SSSR count). The third-order valence-electron chi connectivity index (χ3n) is 4.80. The number of amides is 1. The Morgan fingerprint density at radius 1 is 1.33 bits per heavy atom. The van der Waals surface area contributed by atoms with Crippen molar-refractivity contribution in [3.8, 4) is 0 Å². The van der Waals surface area contributed by atoms with E-state index in [2.05, 4.69) is 20.4 Å². The maximum Gasteiger partial charge on any atom is 0.268 e. The number of hydrogen-bond donors (Lipinski definition) is 1. The van der Waals surface area contributed by atoms with Gasteiger partial charge in [0.15, 0.2) is 5.82 Å². The highest BCUT2D eigenvalue weighted by atomic mass is 16.5. The third-order valence-corrected chi connectivity index (χ3v) is 4.80. The van der Waals surface area contributed by atoms with Gasteiger partial charge in [-0.05, 0) is 40.0 Å². The summed E-state index contributed by atoms with van der Waals surface area (Å²) in [6, 6.07) is 0.0289. The van der Waals surface area contributed by atoms with E-state index < -0.39 is 0 Å². The Labute approximate surface area is 141 Å². The molecule has 4 heterocycles. The highest BCUT2D eigenvalue weighted by Gasteiger charge is 2.53. The Morgan fingerprint density at radius 2 is 2.17 bits per heavy atom. The van der Waals surface area contributed by atoms with Gasteiger partial charge < -0.3 is 10.1 Å². The summed E-state index contributed by atoms with van der Waals surface area (Å²) >= 11 is 0. The molecule has 4 unspecified atom stereocenters. The van der Waals surface area contributed by atoms with Crippen LogP contribution in [0.2, 0.25) is 0 Å². The van der Waals surface area contributed by atoms with Crippen molar-refractivity contribution in [2.45, 2.75) is 63.8 Å². The molecular weight excluding hydrogens is 306 g/mol. The highest BCUT2D eigenvalue weighted by Crippen LogP contribution is 2.43. The van der Waals surface area contributed by atoms with E-state index in [0.29, 0.717) is 11.5 Å². The number of hydrazone groups is 1. The van der Waals surface area contributed by atoms with Crippen LogP contribution < -0.4 is 10.3 Å². The summed E-state index contributed by atoms with van der Waals surface area (Å²) < 4.78 is 6.10. The first-order chi connectivity index (χ1) is 11.4. The van der Waals surface area contributed by atoms with Crippen LogP contribution in [0, 0.1) is 5.92 Å². The zero-order valence-electron chi connectivity index (χ0n) is 14.3. The maximum atomic E-state index is 12.8. The molecule has 1 N–H and O–H groups in total. The van der Waals surface area contributed by atoms with Gasteiger partial charge in [0.2, 0.25) is 0 Å². The minimum atomic E-state index is -0.292. The van der Waals surface area contributed by atoms with Gasteiger partial charge in [0.25, 0.3) is 5.91 Å². The zero-order chi connectivity index (χ0) is 16.9. The fourth-order valence-corrected chi connectivity index (χ4v) is 3.93. The first-order valence-electron chi connectivity index (χ1n) is 8.54. The molecular formula is C17H23N5O2. The summed E-state index contributed by atoms with van der Waals surface area (Å²) in [5.74, 6) is 0.658. The molecule has 3 aliphatic heterocycles. The molecule has 2 saturated heterocycles. The monoisotopic (exact) mass is 329 g/mol. The molecule has 128 valence electrons. The summed E-state index contributed by atoms with van der Waals surface area (Å²) in [5.41, 5.74) is 0.306. The summed E-state index contributed by atoms with van der Waals surface area (Å²) in [5, 5.41) is 9.55. The normalized spacial score (nSPS) is 31.6. The Kier molecular flexibility index (Phi) is 3.56. The largest absolute Gasteiger partial charge is 0.373 e. The number of nitrogens with zero attached hydrogens (tertiary/aromatic N) is 4. The Morgan fingerprint density at radius 3 is 2.88 bits per heavy atom. The lowest BCUT2D eigenvalue weighted by molar-refractivity contribution is -0.116. The van der Waals surface area contributed by atoms with Gasteiger partial charge in [-0.2, -0.15) is 5.10 Å². The van der Waals surface area contributed by atoms with Crippen molar-refractivity contribution in [2.75, 3.05) is 5.01 Å². The fourth-order valence-electron chi connectivity index (χ4n) is 3.93. The van der Waals surface area contributed by atoms with Crippen LogP contribution in [-0.4, -0.2) is 45.4 Å². The van der Waals surface area contributed by atoms with Gasteiger partial charge >= 0.3 is 0 Å². The van der Waals surface area contributed by atoms with Gasteiger partial charge in [-0.3, -0.25) is 9.78 Å². The van der Waals surface area contributed by atoms with Crippen LogP contribution in [0.5, 0.6) is 0 Å². The number of hydrogen-bond acceptors (Lipinski definition) is 6. The SMILES string of the molecule is CC(C)(C)NC(=O)C1=NN(c2cnccn2)C2C3CCC(CC12)O3. The lowest BCUT2D eigenvalue weighted by Gasteiger charge is -2.36. The molecule has 7 heteroatoms. The van der Waals surface area contributed by atoms with Crippen molar-refractivity contribution in [3.63, 3.8) is 0 Å². The summed E-state index contributed by atoms with van der Waals surface area (Å²) in [7, 11) is 0. The number of fused-ring (bicyclic) bond motifs is 4. The van der Waals surface area contributed by atoms with Crippen molar-refractivity contribution in [1.29, 1.82) is 0 Å². The molecule has 0 aromatic carbocycles. The smallest absolute Gasteiger partial charge is 0.268 e. The number of rotatable bonds is 2. The average Bonchev–Trinajstić information content (AvgIpc) is 3.09. The van der Waals surface area contributed by atoms with Crippen LogP contribution in [0.4, 0.5) is 5.82 Å². The topological polar surface area (TPSA) is 79.7 Å². The molecule has 0 aliphatic carbocycles. The van der Waals surface area contributed by atoms with Gasteiger partial charge in [0.05, 0.1) is 24.4 Å². The summed E-state index contributed by atoms with van der Waals surface area (Å²) in [6.45, 7) is 5.93. The molecule has 0 radical (unpaired) electrons. The maximum absolute atomic E-state index is 12.8. The molecule has 7 nitrogen and oxygen atoms in total. The number of carbonyl (C=O) groups is 1. The van der Waals surface area contributed by atoms with Gasteiger partial charge in [-0.15, -0.1) is 0 Å². The predicted molar refractivity (Wildman–Crippen MR) is 89.6 cm³/mol. The third kappa shape index (κ3) is 2.66. The standard InChI is InChI=1S/C17H23N5O2/c1-17(2,3)20-16(23)14-11-8-10-4-5-12(24-10)15(11)22(21-14)13-9-18-6-7-19-13/h6-7,9-12,15H,4-5,8H2,1-3H3,(H,20,23). The molecule has 0 spiro atoms. The lowest BCUT2D eigenvalue weighted by atomic mass is 9.86. The second-order valence-electron chi connectivity index (χ2n) is 7.80. The van der Waals surface area contributed by atoms with Crippen molar-refractivity contribution in [3.05, 3.63) is 18.6 Å². The van der Waals surface area contributed by atoms with Crippen LogP contribution in [0.15, 0.2) is 23.7 Å². The quantitative estimate of drug-likeness (QED) is 0.889. The van der Waals surface area contributed by atoms with Gasteiger partial charge in [-0.25, -0.2) is 9.99 Å². The Bertz CT molecular complexity index is 669. The minimum Gasteiger partial charge on any atom is -0.373 e. The summed E-state index contributed by atoms with van der Waals surface area (Å²) in [6.07, 6.45) is 8.21. The van der Waals surface area contributed by atoms with E-state index in [4.69, 9.17) is 4.74 Å². The number of anilines is 1. The zero-order valence-corrected chi connectivity index (χ0v) is 14.3. The second kappa shape index (κ2) is 5.51.